The molecule has 2 N–H and O–H groups in total. The van der Waals surface area contributed by atoms with Gasteiger partial charge in [0, 0.05) is 54.4 Å². The van der Waals surface area contributed by atoms with Crippen LogP contribution in [0.15, 0.2) is 60.7 Å². The topological polar surface area (TPSA) is 73.9 Å². The second-order valence-electron chi connectivity index (χ2n) is 9.14. The van der Waals surface area contributed by atoms with Gasteiger partial charge in [0.05, 0.1) is 6.61 Å². The van der Waals surface area contributed by atoms with E-state index in [0.29, 0.717) is 34.9 Å². The van der Waals surface area contributed by atoms with Gasteiger partial charge in [-0.3, -0.25) is 9.59 Å². The first-order valence-electron chi connectivity index (χ1n) is 12.3. The number of nitrogens with one attached hydrogen (secondary N) is 2. The Balaban J connectivity index is 1.49. The maximum absolute atomic E-state index is 13.3. The SMILES string of the molecule is CCOc1cccc(C(=O)Nc2ccc(C)c(NC(=O)c3cccc(N4CCN(C)CC4)c3C)c2)c1. The molecular formula is C29H34N4O3. The van der Waals surface area contributed by atoms with Gasteiger partial charge in [-0.05, 0) is 81.4 Å². The summed E-state index contributed by atoms with van der Waals surface area (Å²) in [5.74, 6) is 0.240. The van der Waals surface area contributed by atoms with Crippen LogP contribution in [0.4, 0.5) is 17.1 Å². The fourth-order valence-electron chi connectivity index (χ4n) is 4.38. The first-order valence-corrected chi connectivity index (χ1v) is 12.3. The molecule has 0 saturated carbocycles. The van der Waals surface area contributed by atoms with Crippen molar-refractivity contribution in [3.05, 3.63) is 82.9 Å². The summed E-state index contributed by atoms with van der Waals surface area (Å²) in [5.41, 5.74) is 5.39. The third-order valence-electron chi connectivity index (χ3n) is 6.54. The van der Waals surface area contributed by atoms with Crippen molar-refractivity contribution in [1.29, 1.82) is 0 Å². The molecule has 3 aromatic carbocycles. The van der Waals surface area contributed by atoms with Crippen molar-refractivity contribution < 1.29 is 14.3 Å². The van der Waals surface area contributed by atoms with Gasteiger partial charge in [0.2, 0.25) is 0 Å². The Morgan fingerprint density at radius 2 is 1.64 bits per heavy atom. The van der Waals surface area contributed by atoms with E-state index in [4.69, 9.17) is 4.74 Å². The van der Waals surface area contributed by atoms with Crippen LogP contribution in [0.5, 0.6) is 5.75 Å². The first-order chi connectivity index (χ1) is 17.4. The predicted molar refractivity (Wildman–Crippen MR) is 146 cm³/mol. The summed E-state index contributed by atoms with van der Waals surface area (Å²) in [6, 6.07) is 18.4. The van der Waals surface area contributed by atoms with Gasteiger partial charge in [-0.15, -0.1) is 0 Å². The van der Waals surface area contributed by atoms with Gasteiger partial charge in [-0.25, -0.2) is 0 Å². The number of hydrogen-bond acceptors (Lipinski definition) is 5. The molecule has 1 aliphatic heterocycles. The lowest BCUT2D eigenvalue weighted by Crippen LogP contribution is -2.44. The zero-order valence-electron chi connectivity index (χ0n) is 21.4. The molecule has 1 aliphatic rings. The van der Waals surface area contributed by atoms with Crippen LogP contribution < -0.4 is 20.3 Å². The van der Waals surface area contributed by atoms with E-state index in [0.717, 1.165) is 43.0 Å². The van der Waals surface area contributed by atoms with Crippen LogP contribution in [0.1, 0.15) is 38.8 Å². The molecule has 2 amide bonds. The molecule has 1 saturated heterocycles. The molecule has 0 aliphatic carbocycles. The number of ether oxygens (including phenoxy) is 1. The summed E-state index contributed by atoms with van der Waals surface area (Å²) < 4.78 is 5.50. The number of carbonyl (C=O) groups excluding carboxylic acids is 2. The molecule has 4 rings (SSSR count). The quantitative estimate of drug-likeness (QED) is 0.494. The van der Waals surface area contributed by atoms with E-state index in [1.165, 1.54) is 0 Å². The molecule has 0 aromatic heterocycles. The molecule has 36 heavy (non-hydrogen) atoms. The Morgan fingerprint density at radius 3 is 2.39 bits per heavy atom. The van der Waals surface area contributed by atoms with E-state index in [1.807, 2.05) is 51.1 Å². The zero-order valence-corrected chi connectivity index (χ0v) is 21.4. The summed E-state index contributed by atoms with van der Waals surface area (Å²) >= 11 is 0. The van der Waals surface area contributed by atoms with Gasteiger partial charge >= 0.3 is 0 Å². The fraction of sp³-hybridized carbons (Fsp3) is 0.310. The van der Waals surface area contributed by atoms with Gasteiger partial charge < -0.3 is 25.2 Å². The van der Waals surface area contributed by atoms with Gasteiger partial charge in [-0.2, -0.15) is 0 Å². The third kappa shape index (κ3) is 5.86. The number of nitrogens with zero attached hydrogens (tertiary/aromatic N) is 2. The zero-order chi connectivity index (χ0) is 25.7. The average molecular weight is 487 g/mol. The summed E-state index contributed by atoms with van der Waals surface area (Å²) in [6.07, 6.45) is 0. The number of hydrogen-bond donors (Lipinski definition) is 2. The minimum Gasteiger partial charge on any atom is -0.494 e. The van der Waals surface area contributed by atoms with E-state index >= 15 is 0 Å². The standard InChI is InChI=1S/C29H34N4O3/c1-5-36-24-9-6-8-22(18-24)28(34)30-23-13-12-20(2)26(19-23)31-29(35)25-10-7-11-27(21(25)3)33-16-14-32(4)15-17-33/h6-13,18-19H,5,14-17H2,1-4H3,(H,30,34)(H,31,35). The van der Waals surface area contributed by atoms with Crippen molar-refractivity contribution in [3.8, 4) is 5.75 Å². The number of amides is 2. The molecular weight excluding hydrogens is 452 g/mol. The van der Waals surface area contributed by atoms with Crippen molar-refractivity contribution in [2.75, 3.05) is 55.4 Å². The first kappa shape index (κ1) is 25.3. The van der Waals surface area contributed by atoms with E-state index in [9.17, 15) is 9.59 Å². The summed E-state index contributed by atoms with van der Waals surface area (Å²) in [4.78, 5) is 30.7. The monoisotopic (exact) mass is 486 g/mol. The Labute approximate surface area is 213 Å². The van der Waals surface area contributed by atoms with Crippen LogP contribution in [0, 0.1) is 13.8 Å². The van der Waals surface area contributed by atoms with E-state index < -0.39 is 0 Å². The Kier molecular flexibility index (Phi) is 7.90. The molecule has 188 valence electrons. The number of benzene rings is 3. The predicted octanol–water partition coefficient (Wildman–Crippen LogP) is 4.96. The average Bonchev–Trinajstić information content (AvgIpc) is 2.87. The summed E-state index contributed by atoms with van der Waals surface area (Å²) in [6.45, 7) is 10.3. The maximum atomic E-state index is 13.3. The molecule has 0 unspecified atom stereocenters. The second-order valence-corrected chi connectivity index (χ2v) is 9.14. The van der Waals surface area contributed by atoms with Crippen molar-refractivity contribution in [2.24, 2.45) is 0 Å². The lowest BCUT2D eigenvalue weighted by Gasteiger charge is -2.35. The number of carbonyl (C=O) groups is 2. The molecule has 7 nitrogen and oxygen atoms in total. The molecule has 0 spiro atoms. The minimum atomic E-state index is -0.242. The number of likely N-dealkylation sites (N-methyl/N-ethyl adjacent to an activating group) is 1. The van der Waals surface area contributed by atoms with Gasteiger partial charge in [0.1, 0.15) is 5.75 Å². The second kappa shape index (κ2) is 11.3. The van der Waals surface area contributed by atoms with Crippen molar-refractivity contribution in [3.63, 3.8) is 0 Å². The Bertz CT molecular complexity index is 1250. The van der Waals surface area contributed by atoms with Crippen LogP contribution in [-0.4, -0.2) is 56.5 Å². The molecule has 0 bridgehead atoms. The molecule has 1 fully saturated rings. The Hall–Kier alpha value is -3.84. The molecule has 0 atom stereocenters. The van der Waals surface area contributed by atoms with E-state index in [-0.39, 0.29) is 11.8 Å². The number of aryl methyl sites for hydroxylation is 1. The highest BCUT2D eigenvalue weighted by atomic mass is 16.5. The van der Waals surface area contributed by atoms with Crippen LogP contribution in [0.3, 0.4) is 0 Å². The number of anilines is 3. The van der Waals surface area contributed by atoms with Gasteiger partial charge in [-0.1, -0.05) is 18.2 Å². The summed E-state index contributed by atoms with van der Waals surface area (Å²) in [5, 5.41) is 5.97. The highest BCUT2D eigenvalue weighted by Gasteiger charge is 2.19. The molecule has 0 radical (unpaired) electrons. The molecule has 1 heterocycles. The van der Waals surface area contributed by atoms with Crippen LogP contribution in [0.25, 0.3) is 0 Å². The minimum absolute atomic E-state index is 0.167. The lowest BCUT2D eigenvalue weighted by atomic mass is 10.0. The van der Waals surface area contributed by atoms with Gasteiger partial charge in [0.15, 0.2) is 0 Å². The highest BCUT2D eigenvalue weighted by Crippen LogP contribution is 2.27. The summed E-state index contributed by atoms with van der Waals surface area (Å²) in [7, 11) is 2.13. The van der Waals surface area contributed by atoms with Crippen LogP contribution in [0.2, 0.25) is 0 Å². The lowest BCUT2D eigenvalue weighted by molar-refractivity contribution is 0.101. The molecule has 3 aromatic rings. The Morgan fingerprint density at radius 1 is 0.889 bits per heavy atom. The van der Waals surface area contributed by atoms with Crippen molar-refractivity contribution in [1.82, 2.24) is 4.90 Å². The largest absolute Gasteiger partial charge is 0.494 e. The number of piperazine rings is 1. The normalized spacial score (nSPS) is 13.8. The van der Waals surface area contributed by atoms with Crippen molar-refractivity contribution >= 4 is 28.9 Å². The van der Waals surface area contributed by atoms with E-state index in [1.54, 1.807) is 24.3 Å². The fourth-order valence-corrected chi connectivity index (χ4v) is 4.38. The van der Waals surface area contributed by atoms with E-state index in [2.05, 4.69) is 33.5 Å². The third-order valence-corrected chi connectivity index (χ3v) is 6.54. The smallest absolute Gasteiger partial charge is 0.256 e. The van der Waals surface area contributed by atoms with Crippen LogP contribution >= 0.6 is 0 Å². The maximum Gasteiger partial charge on any atom is 0.256 e. The molecule has 7 heteroatoms. The van der Waals surface area contributed by atoms with Crippen LogP contribution in [-0.2, 0) is 0 Å². The highest BCUT2D eigenvalue weighted by molar-refractivity contribution is 6.08. The van der Waals surface area contributed by atoms with Crippen molar-refractivity contribution in [2.45, 2.75) is 20.8 Å². The number of rotatable bonds is 7. The van der Waals surface area contributed by atoms with Gasteiger partial charge in [0.25, 0.3) is 11.8 Å².